The summed E-state index contributed by atoms with van der Waals surface area (Å²) in [6.07, 6.45) is 12.3. The normalized spacial score (nSPS) is 13.8. The highest BCUT2D eigenvalue weighted by atomic mass is 15.1. The van der Waals surface area contributed by atoms with Crippen LogP contribution >= 0.6 is 0 Å². The Balaban J connectivity index is 5.02. The zero-order valence-electron chi connectivity index (χ0n) is 11.1. The maximum atomic E-state index is 4.00. The summed E-state index contributed by atoms with van der Waals surface area (Å²) in [6.45, 7) is 12.1. The van der Waals surface area contributed by atoms with E-state index in [1.54, 1.807) is 0 Å². The second-order valence-electron chi connectivity index (χ2n) is 3.75. The summed E-state index contributed by atoms with van der Waals surface area (Å²) in [6, 6.07) is 0. The van der Waals surface area contributed by atoms with Crippen molar-refractivity contribution in [2.45, 2.75) is 27.7 Å². The fourth-order valence-electron chi connectivity index (χ4n) is 1.27. The van der Waals surface area contributed by atoms with Crippen LogP contribution in [0, 0.1) is 0 Å². The molecule has 0 radical (unpaired) electrons. The molecule has 1 heteroatoms. The molecule has 0 aromatic rings. The molecule has 0 N–H and O–H groups in total. The summed E-state index contributed by atoms with van der Waals surface area (Å²) in [5.74, 6) is 0. The van der Waals surface area contributed by atoms with Gasteiger partial charge in [0.15, 0.2) is 0 Å². The van der Waals surface area contributed by atoms with E-state index in [2.05, 4.69) is 37.6 Å². The minimum Gasteiger partial charge on any atom is -0.348 e. The van der Waals surface area contributed by atoms with Gasteiger partial charge in [0.2, 0.25) is 0 Å². The van der Waals surface area contributed by atoms with Gasteiger partial charge in [0.1, 0.15) is 0 Å². The third-order valence-electron chi connectivity index (χ3n) is 2.30. The third kappa shape index (κ3) is 4.83. The van der Waals surface area contributed by atoms with Crippen LogP contribution in [-0.4, -0.2) is 11.9 Å². The van der Waals surface area contributed by atoms with Crippen molar-refractivity contribution in [3.8, 4) is 0 Å². The van der Waals surface area contributed by atoms with Gasteiger partial charge >= 0.3 is 0 Å². The summed E-state index contributed by atoms with van der Waals surface area (Å²) < 4.78 is 0. The Hall–Kier alpha value is -1.50. The molecular formula is C15H23N. The second kappa shape index (κ2) is 7.75. The van der Waals surface area contributed by atoms with Gasteiger partial charge in [0.25, 0.3) is 0 Å². The molecule has 0 spiro atoms. The number of likely N-dealkylation sites (N-methyl/N-ethyl adjacent to an activating group) is 1. The Labute approximate surface area is 100 Å². The molecule has 0 heterocycles. The maximum absolute atomic E-state index is 4.00. The first-order chi connectivity index (χ1) is 7.54. The topological polar surface area (TPSA) is 3.24 Å². The zero-order chi connectivity index (χ0) is 12.6. The minimum atomic E-state index is 1.06. The van der Waals surface area contributed by atoms with Crippen molar-refractivity contribution in [2.24, 2.45) is 0 Å². The monoisotopic (exact) mass is 217 g/mol. The first-order valence-electron chi connectivity index (χ1n) is 5.56. The molecule has 0 aromatic heterocycles. The van der Waals surface area contributed by atoms with E-state index in [1.165, 1.54) is 5.70 Å². The summed E-state index contributed by atoms with van der Waals surface area (Å²) in [5, 5.41) is 0. The quantitative estimate of drug-likeness (QED) is 0.616. The predicted octanol–water partition coefficient (Wildman–Crippen LogP) is 4.43. The lowest BCUT2D eigenvalue weighted by Crippen LogP contribution is -2.15. The van der Waals surface area contributed by atoms with E-state index in [-0.39, 0.29) is 0 Å². The average Bonchev–Trinajstić information content (AvgIpc) is 2.25. The van der Waals surface area contributed by atoms with Crippen LogP contribution in [0.1, 0.15) is 27.7 Å². The van der Waals surface area contributed by atoms with Gasteiger partial charge in [-0.2, -0.15) is 0 Å². The Morgan fingerprint density at radius 1 is 1.00 bits per heavy atom. The lowest BCUT2D eigenvalue weighted by atomic mass is 10.2. The van der Waals surface area contributed by atoms with Gasteiger partial charge in [-0.1, -0.05) is 30.9 Å². The second-order valence-corrected chi connectivity index (χ2v) is 3.75. The smallest absolute Gasteiger partial charge is 0.0429 e. The summed E-state index contributed by atoms with van der Waals surface area (Å²) in [4.78, 5) is 2.14. The molecule has 0 aliphatic rings. The first kappa shape index (κ1) is 14.5. The summed E-state index contributed by atoms with van der Waals surface area (Å²) >= 11 is 0. The van der Waals surface area contributed by atoms with Crippen LogP contribution in [0.15, 0.2) is 60.0 Å². The number of hydrogen-bond acceptors (Lipinski definition) is 1. The Morgan fingerprint density at radius 2 is 1.50 bits per heavy atom. The molecule has 0 atom stereocenters. The fraction of sp³-hybridized carbons (Fsp3) is 0.333. The highest BCUT2D eigenvalue weighted by Gasteiger charge is 2.05. The van der Waals surface area contributed by atoms with Crippen molar-refractivity contribution >= 4 is 0 Å². The van der Waals surface area contributed by atoms with E-state index in [0.29, 0.717) is 0 Å². The first-order valence-corrected chi connectivity index (χ1v) is 5.56. The highest BCUT2D eigenvalue weighted by Crippen LogP contribution is 2.16. The van der Waals surface area contributed by atoms with Crippen LogP contribution in [0.25, 0.3) is 0 Å². The van der Waals surface area contributed by atoms with Gasteiger partial charge in [-0.05, 0) is 45.4 Å². The molecule has 0 unspecified atom stereocenters. The summed E-state index contributed by atoms with van der Waals surface area (Å²) in [7, 11) is 2.05. The van der Waals surface area contributed by atoms with E-state index in [9.17, 15) is 0 Å². The van der Waals surface area contributed by atoms with Gasteiger partial charge in [-0.3, -0.25) is 0 Å². The molecular weight excluding hydrogens is 194 g/mol. The summed E-state index contributed by atoms with van der Waals surface area (Å²) in [5.41, 5.74) is 3.39. The van der Waals surface area contributed by atoms with Gasteiger partial charge < -0.3 is 4.90 Å². The van der Waals surface area contributed by atoms with Crippen molar-refractivity contribution in [1.29, 1.82) is 0 Å². The molecule has 0 saturated carbocycles. The standard InChI is InChI=1S/C15H23N/c1-7-9-11-14(5)16(6)15(13(3)4)12-10-8-2/h7-12H,3H2,1-2,4-6H3/b9-7-,10-8-,14-11+,15-12+. The van der Waals surface area contributed by atoms with Crippen molar-refractivity contribution in [3.63, 3.8) is 0 Å². The molecule has 0 bridgehead atoms. The average molecular weight is 217 g/mol. The lowest BCUT2D eigenvalue weighted by molar-refractivity contribution is 0.530. The van der Waals surface area contributed by atoms with Crippen LogP contribution in [-0.2, 0) is 0 Å². The van der Waals surface area contributed by atoms with Gasteiger partial charge in [-0.15, -0.1) is 0 Å². The van der Waals surface area contributed by atoms with Crippen molar-refractivity contribution < 1.29 is 0 Å². The maximum Gasteiger partial charge on any atom is 0.0429 e. The minimum absolute atomic E-state index is 1.06. The molecule has 0 rings (SSSR count). The van der Waals surface area contributed by atoms with E-state index in [4.69, 9.17) is 0 Å². The molecule has 0 saturated heterocycles. The van der Waals surface area contributed by atoms with Crippen LogP contribution in [0.2, 0.25) is 0 Å². The van der Waals surface area contributed by atoms with Crippen molar-refractivity contribution in [2.75, 3.05) is 7.05 Å². The molecule has 0 fully saturated rings. The Bertz CT molecular complexity index is 340. The van der Waals surface area contributed by atoms with Crippen LogP contribution in [0.3, 0.4) is 0 Å². The number of rotatable bonds is 5. The van der Waals surface area contributed by atoms with E-state index >= 15 is 0 Å². The van der Waals surface area contributed by atoms with Gasteiger partial charge in [-0.25, -0.2) is 0 Å². The van der Waals surface area contributed by atoms with E-state index in [1.807, 2.05) is 45.1 Å². The van der Waals surface area contributed by atoms with Crippen LogP contribution < -0.4 is 0 Å². The highest BCUT2D eigenvalue weighted by molar-refractivity contribution is 5.32. The Morgan fingerprint density at radius 3 is 1.94 bits per heavy atom. The lowest BCUT2D eigenvalue weighted by Gasteiger charge is -2.23. The molecule has 0 aromatic carbocycles. The molecule has 16 heavy (non-hydrogen) atoms. The SMILES string of the molecule is C=C(C)/C(=C\C=C/C)N(C)/C(C)=C/C=C\C. The van der Waals surface area contributed by atoms with E-state index < -0.39 is 0 Å². The number of nitrogens with zero attached hydrogens (tertiary/aromatic N) is 1. The Kier molecular flexibility index (Phi) is 7.02. The number of allylic oxidation sites excluding steroid dienone is 8. The van der Waals surface area contributed by atoms with Gasteiger partial charge in [0, 0.05) is 18.4 Å². The molecule has 88 valence electrons. The fourth-order valence-corrected chi connectivity index (χ4v) is 1.27. The van der Waals surface area contributed by atoms with Crippen LogP contribution in [0.4, 0.5) is 0 Å². The predicted molar refractivity (Wildman–Crippen MR) is 74.0 cm³/mol. The largest absolute Gasteiger partial charge is 0.348 e. The van der Waals surface area contributed by atoms with E-state index in [0.717, 1.165) is 11.3 Å². The molecule has 0 aliphatic heterocycles. The third-order valence-corrected chi connectivity index (χ3v) is 2.30. The van der Waals surface area contributed by atoms with Crippen LogP contribution in [0.5, 0.6) is 0 Å². The van der Waals surface area contributed by atoms with Crippen molar-refractivity contribution in [1.82, 2.24) is 4.90 Å². The molecule has 0 aliphatic carbocycles. The van der Waals surface area contributed by atoms with Gasteiger partial charge in [0.05, 0.1) is 0 Å². The number of hydrogen-bond donors (Lipinski definition) is 0. The molecule has 1 nitrogen and oxygen atoms in total. The zero-order valence-corrected chi connectivity index (χ0v) is 11.1. The van der Waals surface area contributed by atoms with Crippen molar-refractivity contribution in [3.05, 3.63) is 60.0 Å². The molecule has 0 amide bonds.